The monoisotopic (exact) mass is 244 g/mol. The number of hydrogen-bond donors (Lipinski definition) is 0. The molecule has 0 aliphatic rings. The molecule has 0 fully saturated rings. The van der Waals surface area contributed by atoms with Crippen molar-refractivity contribution in [3.63, 3.8) is 0 Å². The summed E-state index contributed by atoms with van der Waals surface area (Å²) in [6, 6.07) is 12.7. The molecule has 2 nitrogen and oxygen atoms in total. The molecule has 2 aromatic carbocycles. The highest BCUT2D eigenvalue weighted by Gasteiger charge is 2.03. The molecule has 18 heavy (non-hydrogen) atoms. The van der Waals surface area contributed by atoms with Gasteiger partial charge in [-0.25, -0.2) is 0 Å². The number of rotatable bonds is 6. The minimum absolute atomic E-state index is 0.704. The molecule has 2 rings (SSSR count). The van der Waals surface area contributed by atoms with Crippen LogP contribution < -0.4 is 4.74 Å². The van der Waals surface area contributed by atoms with E-state index in [1.54, 1.807) is 7.11 Å². The standard InChI is InChI=1S/C16H20O2/c1-3-13-11-15(18-10-6-9-17-2)12-14-7-4-5-8-16(13)14/h4-5,7-8,11-12H,3,6,9-10H2,1-2H3. The Morgan fingerprint density at radius 3 is 2.67 bits per heavy atom. The Balaban J connectivity index is 2.18. The Kier molecular flexibility index (Phi) is 4.59. The van der Waals surface area contributed by atoms with Crippen molar-refractivity contribution >= 4 is 10.8 Å². The molecule has 2 aromatic rings. The Hall–Kier alpha value is -1.54. The molecule has 0 saturated carbocycles. The maximum absolute atomic E-state index is 5.78. The van der Waals surface area contributed by atoms with Gasteiger partial charge in [-0.15, -0.1) is 0 Å². The molecule has 0 bridgehead atoms. The van der Waals surface area contributed by atoms with Gasteiger partial charge in [0.05, 0.1) is 6.61 Å². The van der Waals surface area contributed by atoms with Crippen LogP contribution in [0.5, 0.6) is 5.75 Å². The van der Waals surface area contributed by atoms with E-state index in [-0.39, 0.29) is 0 Å². The topological polar surface area (TPSA) is 18.5 Å². The fourth-order valence-corrected chi connectivity index (χ4v) is 2.13. The van der Waals surface area contributed by atoms with E-state index < -0.39 is 0 Å². The smallest absolute Gasteiger partial charge is 0.120 e. The Bertz CT molecular complexity index is 505. The van der Waals surface area contributed by atoms with Gasteiger partial charge in [0, 0.05) is 20.1 Å². The fourth-order valence-electron chi connectivity index (χ4n) is 2.13. The van der Waals surface area contributed by atoms with Gasteiger partial charge in [-0.3, -0.25) is 0 Å². The summed E-state index contributed by atoms with van der Waals surface area (Å²) in [4.78, 5) is 0. The van der Waals surface area contributed by atoms with Gasteiger partial charge in [-0.05, 0) is 34.9 Å². The molecular formula is C16H20O2. The summed E-state index contributed by atoms with van der Waals surface area (Å²) in [6.07, 6.45) is 1.95. The molecule has 0 radical (unpaired) electrons. The van der Waals surface area contributed by atoms with Gasteiger partial charge in [0.25, 0.3) is 0 Å². The lowest BCUT2D eigenvalue weighted by Crippen LogP contribution is -2.01. The number of aryl methyl sites for hydroxylation is 1. The van der Waals surface area contributed by atoms with Crippen LogP contribution in [0.15, 0.2) is 36.4 Å². The van der Waals surface area contributed by atoms with Crippen molar-refractivity contribution < 1.29 is 9.47 Å². The van der Waals surface area contributed by atoms with Crippen molar-refractivity contribution in [2.24, 2.45) is 0 Å². The third-order valence-corrected chi connectivity index (χ3v) is 3.06. The molecule has 0 saturated heterocycles. The van der Waals surface area contributed by atoms with E-state index >= 15 is 0 Å². The van der Waals surface area contributed by atoms with Crippen LogP contribution in [0.3, 0.4) is 0 Å². The lowest BCUT2D eigenvalue weighted by Gasteiger charge is -2.10. The van der Waals surface area contributed by atoms with Gasteiger partial charge in [0.2, 0.25) is 0 Å². The van der Waals surface area contributed by atoms with Gasteiger partial charge in [-0.1, -0.05) is 31.2 Å². The average molecular weight is 244 g/mol. The van der Waals surface area contributed by atoms with Crippen LogP contribution in [-0.4, -0.2) is 20.3 Å². The first-order valence-electron chi connectivity index (χ1n) is 6.48. The molecule has 0 aliphatic carbocycles. The molecule has 0 spiro atoms. The maximum atomic E-state index is 5.78. The third kappa shape index (κ3) is 3.02. The number of methoxy groups -OCH3 is 1. The summed E-state index contributed by atoms with van der Waals surface area (Å²) >= 11 is 0. The first kappa shape index (κ1) is 12.9. The van der Waals surface area contributed by atoms with E-state index in [1.165, 1.54) is 16.3 Å². The molecule has 0 aliphatic heterocycles. The predicted molar refractivity (Wildman–Crippen MR) is 75.3 cm³/mol. The van der Waals surface area contributed by atoms with Crippen molar-refractivity contribution in [2.45, 2.75) is 19.8 Å². The number of benzene rings is 2. The van der Waals surface area contributed by atoms with Crippen LogP contribution in [0.25, 0.3) is 10.8 Å². The van der Waals surface area contributed by atoms with Gasteiger partial charge < -0.3 is 9.47 Å². The van der Waals surface area contributed by atoms with E-state index in [9.17, 15) is 0 Å². The van der Waals surface area contributed by atoms with Crippen molar-refractivity contribution in [1.29, 1.82) is 0 Å². The van der Waals surface area contributed by atoms with E-state index in [0.29, 0.717) is 6.61 Å². The molecule has 0 N–H and O–H groups in total. The van der Waals surface area contributed by atoms with Crippen molar-refractivity contribution in [1.82, 2.24) is 0 Å². The second-order valence-corrected chi connectivity index (χ2v) is 4.35. The summed E-state index contributed by atoms with van der Waals surface area (Å²) in [5.41, 5.74) is 1.34. The average Bonchev–Trinajstić information content (AvgIpc) is 2.42. The van der Waals surface area contributed by atoms with E-state index in [0.717, 1.165) is 25.2 Å². The molecule has 96 valence electrons. The second kappa shape index (κ2) is 6.41. The zero-order chi connectivity index (χ0) is 12.8. The predicted octanol–water partition coefficient (Wildman–Crippen LogP) is 3.82. The SMILES string of the molecule is CCc1cc(OCCCOC)cc2ccccc12. The minimum Gasteiger partial charge on any atom is -0.493 e. The Morgan fingerprint density at radius 2 is 1.89 bits per heavy atom. The van der Waals surface area contributed by atoms with Crippen molar-refractivity contribution in [3.05, 3.63) is 42.0 Å². The molecule has 0 aromatic heterocycles. The highest BCUT2D eigenvalue weighted by Crippen LogP contribution is 2.25. The van der Waals surface area contributed by atoms with E-state index in [4.69, 9.17) is 9.47 Å². The largest absolute Gasteiger partial charge is 0.493 e. The molecule has 0 unspecified atom stereocenters. The number of ether oxygens (including phenoxy) is 2. The second-order valence-electron chi connectivity index (χ2n) is 4.35. The molecule has 2 heteroatoms. The minimum atomic E-state index is 0.704. The van der Waals surface area contributed by atoms with Gasteiger partial charge in [0.1, 0.15) is 5.75 Å². The highest BCUT2D eigenvalue weighted by molar-refractivity contribution is 5.87. The van der Waals surface area contributed by atoms with Gasteiger partial charge in [0.15, 0.2) is 0 Å². The van der Waals surface area contributed by atoms with Crippen LogP contribution in [0.2, 0.25) is 0 Å². The zero-order valence-corrected chi connectivity index (χ0v) is 11.1. The molecular weight excluding hydrogens is 224 g/mol. The van der Waals surface area contributed by atoms with Crippen molar-refractivity contribution in [2.75, 3.05) is 20.3 Å². The third-order valence-electron chi connectivity index (χ3n) is 3.06. The summed E-state index contributed by atoms with van der Waals surface area (Å²) in [5, 5.41) is 2.57. The summed E-state index contributed by atoms with van der Waals surface area (Å²) in [6.45, 7) is 3.63. The zero-order valence-electron chi connectivity index (χ0n) is 11.1. The fraction of sp³-hybridized carbons (Fsp3) is 0.375. The summed E-state index contributed by atoms with van der Waals surface area (Å²) in [7, 11) is 1.71. The Labute approximate surface area is 109 Å². The van der Waals surface area contributed by atoms with Crippen LogP contribution in [0.4, 0.5) is 0 Å². The van der Waals surface area contributed by atoms with Gasteiger partial charge >= 0.3 is 0 Å². The summed E-state index contributed by atoms with van der Waals surface area (Å²) in [5.74, 6) is 0.960. The number of hydrogen-bond acceptors (Lipinski definition) is 2. The van der Waals surface area contributed by atoms with E-state index in [2.05, 4.69) is 43.3 Å². The quantitative estimate of drug-likeness (QED) is 0.719. The van der Waals surface area contributed by atoms with Crippen LogP contribution in [0, 0.1) is 0 Å². The van der Waals surface area contributed by atoms with Crippen LogP contribution in [0.1, 0.15) is 18.9 Å². The lowest BCUT2D eigenvalue weighted by atomic mass is 10.0. The molecule has 0 atom stereocenters. The number of fused-ring (bicyclic) bond motifs is 1. The van der Waals surface area contributed by atoms with E-state index in [1.807, 2.05) is 0 Å². The lowest BCUT2D eigenvalue weighted by molar-refractivity contribution is 0.172. The first-order valence-corrected chi connectivity index (χ1v) is 6.48. The van der Waals surface area contributed by atoms with Crippen molar-refractivity contribution in [3.8, 4) is 5.75 Å². The van der Waals surface area contributed by atoms with Crippen LogP contribution in [-0.2, 0) is 11.2 Å². The summed E-state index contributed by atoms with van der Waals surface area (Å²) < 4.78 is 10.8. The molecule has 0 amide bonds. The Morgan fingerprint density at radius 1 is 1.06 bits per heavy atom. The first-order chi connectivity index (χ1) is 8.85. The normalized spacial score (nSPS) is 10.8. The van der Waals surface area contributed by atoms with Gasteiger partial charge in [-0.2, -0.15) is 0 Å². The molecule has 0 heterocycles. The maximum Gasteiger partial charge on any atom is 0.120 e. The highest BCUT2D eigenvalue weighted by atomic mass is 16.5. The van der Waals surface area contributed by atoms with Crippen LogP contribution >= 0.6 is 0 Å².